The Hall–Kier alpha value is -1.14. The molecule has 1 atom stereocenters. The minimum Gasteiger partial charge on any atom is -0.450 e. The van der Waals surface area contributed by atoms with E-state index in [-0.39, 0.29) is 19.1 Å². The van der Waals surface area contributed by atoms with Crippen LogP contribution in [0.3, 0.4) is 0 Å². The lowest BCUT2D eigenvalue weighted by atomic mass is 10.2. The zero-order chi connectivity index (χ0) is 13.4. The van der Waals surface area contributed by atoms with Gasteiger partial charge in [-0.3, -0.25) is 15.0 Å². The van der Waals surface area contributed by atoms with Crippen LogP contribution >= 0.6 is 0 Å². The van der Waals surface area contributed by atoms with E-state index in [2.05, 4.69) is 27.2 Å². The van der Waals surface area contributed by atoms with Crippen molar-refractivity contribution in [1.82, 2.24) is 15.5 Å². The van der Waals surface area contributed by atoms with E-state index in [1.807, 2.05) is 0 Å². The van der Waals surface area contributed by atoms with E-state index in [9.17, 15) is 9.59 Å². The molecule has 104 valence electrons. The molecule has 0 aromatic carbocycles. The molecular weight excluding hydrogens is 234 g/mol. The molecule has 0 radical (unpaired) electrons. The average molecular weight is 257 g/mol. The van der Waals surface area contributed by atoms with Crippen molar-refractivity contribution in [2.75, 3.05) is 32.8 Å². The summed E-state index contributed by atoms with van der Waals surface area (Å²) in [4.78, 5) is 24.9. The zero-order valence-corrected chi connectivity index (χ0v) is 11.2. The molecule has 1 unspecified atom stereocenters. The Morgan fingerprint density at radius 2 is 2.22 bits per heavy atom. The first-order valence-electron chi connectivity index (χ1n) is 6.58. The fourth-order valence-corrected chi connectivity index (χ4v) is 2.13. The predicted octanol–water partition coefficient (Wildman–Crippen LogP) is 0.333. The van der Waals surface area contributed by atoms with Gasteiger partial charge in [-0.2, -0.15) is 0 Å². The minimum absolute atomic E-state index is 0.249. The summed E-state index contributed by atoms with van der Waals surface area (Å²) in [5, 5.41) is 5.51. The number of rotatable bonds is 6. The maximum Gasteiger partial charge on any atom is 0.413 e. The van der Waals surface area contributed by atoms with Crippen molar-refractivity contribution in [3.63, 3.8) is 0 Å². The normalized spacial score (nSPS) is 18.9. The predicted molar refractivity (Wildman–Crippen MR) is 68.3 cm³/mol. The van der Waals surface area contributed by atoms with Gasteiger partial charge in [-0.1, -0.05) is 6.92 Å². The Morgan fingerprint density at radius 3 is 2.78 bits per heavy atom. The number of ether oxygens (including phenoxy) is 1. The second-order valence-corrected chi connectivity index (χ2v) is 4.39. The molecule has 1 rings (SSSR count). The molecule has 2 amide bonds. The van der Waals surface area contributed by atoms with Crippen molar-refractivity contribution in [2.24, 2.45) is 0 Å². The summed E-state index contributed by atoms with van der Waals surface area (Å²) in [7, 11) is 0. The van der Waals surface area contributed by atoms with Crippen LogP contribution in [0.1, 0.15) is 26.7 Å². The molecule has 6 heteroatoms. The summed E-state index contributed by atoms with van der Waals surface area (Å²) in [5.74, 6) is -0.297. The summed E-state index contributed by atoms with van der Waals surface area (Å²) >= 11 is 0. The number of hydrogen-bond acceptors (Lipinski definition) is 5. The van der Waals surface area contributed by atoms with Gasteiger partial charge in [-0.25, -0.2) is 4.79 Å². The van der Waals surface area contributed by atoms with Crippen LogP contribution in [-0.4, -0.2) is 55.7 Å². The highest BCUT2D eigenvalue weighted by Crippen LogP contribution is 2.08. The molecule has 0 spiro atoms. The number of nitrogens with zero attached hydrogens (tertiary/aromatic N) is 1. The van der Waals surface area contributed by atoms with Crippen LogP contribution in [0.25, 0.3) is 0 Å². The molecular formula is C12H23N3O3. The number of carbonyl (C=O) groups excluding carboxylic acids is 2. The molecule has 6 nitrogen and oxygen atoms in total. The SMILES string of the molecule is CCCN(CC(=O)NC(=O)OCC)C1CCNC1. The number of imide groups is 1. The molecule has 0 aromatic rings. The highest BCUT2D eigenvalue weighted by atomic mass is 16.5. The summed E-state index contributed by atoms with van der Waals surface area (Å²) in [5.41, 5.74) is 0. The van der Waals surface area contributed by atoms with Crippen LogP contribution in [0.15, 0.2) is 0 Å². The van der Waals surface area contributed by atoms with Gasteiger partial charge in [0.25, 0.3) is 0 Å². The van der Waals surface area contributed by atoms with Crippen LogP contribution in [0, 0.1) is 0 Å². The number of hydrogen-bond donors (Lipinski definition) is 2. The molecule has 1 heterocycles. The summed E-state index contributed by atoms with van der Waals surface area (Å²) in [6.45, 7) is 7.07. The Balaban J connectivity index is 2.39. The molecule has 2 N–H and O–H groups in total. The third-order valence-corrected chi connectivity index (χ3v) is 2.93. The Kier molecular flexibility index (Phi) is 6.67. The third kappa shape index (κ3) is 5.01. The molecule has 0 aromatic heterocycles. The number of nitrogens with one attached hydrogen (secondary N) is 2. The standard InChI is InChI=1S/C12H23N3O3/c1-3-7-15(10-5-6-13-8-10)9-11(16)14-12(17)18-4-2/h10,13H,3-9H2,1-2H3,(H,14,16,17). The topological polar surface area (TPSA) is 70.7 Å². The van der Waals surface area contributed by atoms with E-state index in [4.69, 9.17) is 0 Å². The second kappa shape index (κ2) is 8.05. The van der Waals surface area contributed by atoms with Crippen molar-refractivity contribution in [3.8, 4) is 0 Å². The van der Waals surface area contributed by atoms with Crippen molar-refractivity contribution < 1.29 is 14.3 Å². The van der Waals surface area contributed by atoms with E-state index in [1.165, 1.54) is 0 Å². The van der Waals surface area contributed by atoms with Gasteiger partial charge in [-0.05, 0) is 32.9 Å². The van der Waals surface area contributed by atoms with Gasteiger partial charge in [-0.15, -0.1) is 0 Å². The van der Waals surface area contributed by atoms with Gasteiger partial charge in [0.15, 0.2) is 0 Å². The molecule has 0 aliphatic carbocycles. The third-order valence-electron chi connectivity index (χ3n) is 2.93. The first-order chi connectivity index (χ1) is 8.67. The monoisotopic (exact) mass is 257 g/mol. The van der Waals surface area contributed by atoms with Gasteiger partial charge >= 0.3 is 6.09 Å². The van der Waals surface area contributed by atoms with Crippen molar-refractivity contribution >= 4 is 12.0 Å². The van der Waals surface area contributed by atoms with Crippen molar-refractivity contribution in [3.05, 3.63) is 0 Å². The highest BCUT2D eigenvalue weighted by molar-refractivity contribution is 5.92. The molecule has 0 bridgehead atoms. The van der Waals surface area contributed by atoms with Crippen LogP contribution in [-0.2, 0) is 9.53 Å². The van der Waals surface area contributed by atoms with Gasteiger partial charge in [0.2, 0.25) is 5.91 Å². The first-order valence-corrected chi connectivity index (χ1v) is 6.58. The van der Waals surface area contributed by atoms with Crippen LogP contribution < -0.4 is 10.6 Å². The summed E-state index contributed by atoms with van der Waals surface area (Å²) < 4.78 is 4.68. The van der Waals surface area contributed by atoms with E-state index in [0.717, 1.165) is 32.5 Å². The Labute approximate surface area is 108 Å². The van der Waals surface area contributed by atoms with Gasteiger partial charge < -0.3 is 10.1 Å². The molecule has 1 aliphatic rings. The first kappa shape index (κ1) is 14.9. The Morgan fingerprint density at radius 1 is 1.44 bits per heavy atom. The highest BCUT2D eigenvalue weighted by Gasteiger charge is 2.24. The molecule has 1 saturated heterocycles. The number of amides is 2. The lowest BCUT2D eigenvalue weighted by molar-refractivity contribution is -0.122. The maximum atomic E-state index is 11.7. The fraction of sp³-hybridized carbons (Fsp3) is 0.833. The van der Waals surface area contributed by atoms with Crippen molar-refractivity contribution in [2.45, 2.75) is 32.7 Å². The summed E-state index contributed by atoms with van der Waals surface area (Å²) in [6, 6.07) is 0.387. The molecule has 0 saturated carbocycles. The fourth-order valence-electron chi connectivity index (χ4n) is 2.13. The van der Waals surface area contributed by atoms with Gasteiger partial charge in [0.05, 0.1) is 13.2 Å². The largest absolute Gasteiger partial charge is 0.450 e. The Bertz CT molecular complexity index is 278. The van der Waals surface area contributed by atoms with Crippen LogP contribution in [0.2, 0.25) is 0 Å². The van der Waals surface area contributed by atoms with Crippen LogP contribution in [0.5, 0.6) is 0 Å². The smallest absolute Gasteiger partial charge is 0.413 e. The van der Waals surface area contributed by atoms with E-state index < -0.39 is 6.09 Å². The lowest BCUT2D eigenvalue weighted by Gasteiger charge is -2.26. The minimum atomic E-state index is -0.663. The lowest BCUT2D eigenvalue weighted by Crippen LogP contribution is -2.45. The van der Waals surface area contributed by atoms with E-state index >= 15 is 0 Å². The van der Waals surface area contributed by atoms with E-state index in [0.29, 0.717) is 6.04 Å². The van der Waals surface area contributed by atoms with Crippen LogP contribution in [0.4, 0.5) is 4.79 Å². The zero-order valence-electron chi connectivity index (χ0n) is 11.2. The van der Waals surface area contributed by atoms with Crippen molar-refractivity contribution in [1.29, 1.82) is 0 Å². The summed E-state index contributed by atoms with van der Waals surface area (Å²) in [6.07, 6.45) is 1.37. The number of alkyl carbamates (subject to hydrolysis) is 1. The molecule has 1 aliphatic heterocycles. The average Bonchev–Trinajstić information content (AvgIpc) is 2.81. The maximum absolute atomic E-state index is 11.7. The van der Waals surface area contributed by atoms with E-state index in [1.54, 1.807) is 6.92 Å². The molecule has 1 fully saturated rings. The van der Waals surface area contributed by atoms with Gasteiger partial charge in [0, 0.05) is 12.6 Å². The second-order valence-electron chi connectivity index (χ2n) is 4.39. The number of carbonyl (C=O) groups is 2. The molecule has 18 heavy (non-hydrogen) atoms. The van der Waals surface area contributed by atoms with Gasteiger partial charge in [0.1, 0.15) is 0 Å². The quantitative estimate of drug-likeness (QED) is 0.717.